The third-order valence-corrected chi connectivity index (χ3v) is 7.01. The van der Waals surface area contributed by atoms with Crippen LogP contribution in [-0.4, -0.2) is 71.1 Å². The summed E-state index contributed by atoms with van der Waals surface area (Å²) in [7, 11) is 0. The lowest BCUT2D eigenvalue weighted by atomic mass is 10.1. The minimum Gasteiger partial charge on any atom is -0.368 e. The molecular formula is C26H33N7O2. The Morgan fingerprint density at radius 3 is 2.60 bits per heavy atom. The predicted molar refractivity (Wildman–Crippen MR) is 137 cm³/mol. The highest BCUT2D eigenvalue weighted by molar-refractivity contribution is 5.92. The number of rotatable bonds is 6. The van der Waals surface area contributed by atoms with E-state index in [1.807, 2.05) is 37.4 Å². The zero-order valence-corrected chi connectivity index (χ0v) is 20.2. The molecule has 5 rings (SSSR count). The second-order valence-electron chi connectivity index (χ2n) is 9.42. The number of H-pyrrole nitrogens is 1. The first-order valence-electron chi connectivity index (χ1n) is 12.5. The zero-order chi connectivity index (χ0) is 24.2. The first-order valence-corrected chi connectivity index (χ1v) is 12.5. The molecule has 2 fully saturated rings. The second-order valence-corrected chi connectivity index (χ2v) is 9.42. The molecule has 5 heterocycles. The van der Waals surface area contributed by atoms with E-state index in [1.54, 1.807) is 6.20 Å². The monoisotopic (exact) mass is 475 g/mol. The van der Waals surface area contributed by atoms with Crippen LogP contribution in [0.5, 0.6) is 0 Å². The number of aromatic nitrogens is 3. The van der Waals surface area contributed by atoms with Gasteiger partial charge in [0.15, 0.2) is 0 Å². The van der Waals surface area contributed by atoms with Crippen molar-refractivity contribution < 1.29 is 4.79 Å². The number of aryl methyl sites for hydroxylation is 1. The zero-order valence-electron chi connectivity index (χ0n) is 20.2. The molecule has 3 aromatic heterocycles. The molecule has 0 aliphatic carbocycles. The molecule has 0 aromatic carbocycles. The van der Waals surface area contributed by atoms with E-state index >= 15 is 0 Å². The number of nitrogens with one attached hydrogen (secondary N) is 3. The molecule has 1 amide bonds. The maximum Gasteiger partial charge on any atom is 0.270 e. The summed E-state index contributed by atoms with van der Waals surface area (Å²) in [5.74, 6) is -0.0930. The van der Waals surface area contributed by atoms with Crippen LogP contribution in [0.4, 0.5) is 5.69 Å². The molecule has 0 radical (unpaired) electrons. The Morgan fingerprint density at radius 1 is 1.09 bits per heavy atom. The molecule has 0 bridgehead atoms. The normalized spacial score (nSPS) is 17.6. The summed E-state index contributed by atoms with van der Waals surface area (Å²) in [4.78, 5) is 41.3. The average Bonchev–Trinajstić information content (AvgIpc) is 2.89. The summed E-state index contributed by atoms with van der Waals surface area (Å²) in [5.41, 5.74) is 4.96. The smallest absolute Gasteiger partial charge is 0.270 e. The Bertz CT molecular complexity index is 1230. The van der Waals surface area contributed by atoms with Gasteiger partial charge in [-0.05, 0) is 62.2 Å². The molecule has 0 spiro atoms. The van der Waals surface area contributed by atoms with E-state index in [-0.39, 0.29) is 17.5 Å². The van der Waals surface area contributed by atoms with Crippen LogP contribution in [0.15, 0.2) is 41.5 Å². The van der Waals surface area contributed by atoms with Gasteiger partial charge in [-0.3, -0.25) is 19.5 Å². The quantitative estimate of drug-likeness (QED) is 0.498. The summed E-state index contributed by atoms with van der Waals surface area (Å²) in [6.07, 6.45) is 6.33. The molecule has 9 heteroatoms. The van der Waals surface area contributed by atoms with Gasteiger partial charge in [0.2, 0.25) is 0 Å². The number of piperazine rings is 1. The molecule has 35 heavy (non-hydrogen) atoms. The standard InChI is InChI=1S/C26H33N7O2/c1-2-19-14-23-24(31-25(19)34)13-18(15-28-23)17-32-9-11-33(12-10-32)21-3-4-22(29-16-21)26(35)30-20-5-7-27-8-6-20/h3-4,13-16,20,27H,2,5-12,17H2,1H3,(H,30,35)(H,31,34). The van der Waals surface area contributed by atoms with Gasteiger partial charge in [0.05, 0.1) is 22.9 Å². The van der Waals surface area contributed by atoms with Crippen LogP contribution in [0, 0.1) is 0 Å². The summed E-state index contributed by atoms with van der Waals surface area (Å²) in [5, 5.41) is 6.41. The van der Waals surface area contributed by atoms with Crippen molar-refractivity contribution in [1.82, 2.24) is 30.5 Å². The number of carbonyl (C=O) groups is 1. The summed E-state index contributed by atoms with van der Waals surface area (Å²) < 4.78 is 0. The van der Waals surface area contributed by atoms with Crippen LogP contribution in [-0.2, 0) is 13.0 Å². The number of amides is 1. The maximum atomic E-state index is 12.5. The fourth-order valence-corrected chi connectivity index (χ4v) is 4.87. The van der Waals surface area contributed by atoms with E-state index in [0.717, 1.165) is 86.5 Å². The Balaban J connectivity index is 1.15. The lowest BCUT2D eigenvalue weighted by molar-refractivity contribution is 0.0924. The Morgan fingerprint density at radius 2 is 1.89 bits per heavy atom. The minimum atomic E-state index is -0.0930. The van der Waals surface area contributed by atoms with E-state index in [1.165, 1.54) is 0 Å². The summed E-state index contributed by atoms with van der Waals surface area (Å²) >= 11 is 0. The maximum absolute atomic E-state index is 12.5. The van der Waals surface area contributed by atoms with E-state index < -0.39 is 0 Å². The Hall–Kier alpha value is -3.30. The first kappa shape index (κ1) is 23.4. The van der Waals surface area contributed by atoms with Gasteiger partial charge in [-0.2, -0.15) is 0 Å². The lowest BCUT2D eigenvalue weighted by Crippen LogP contribution is -2.46. The number of anilines is 1. The van der Waals surface area contributed by atoms with Crippen LogP contribution in [0.3, 0.4) is 0 Å². The Labute approximate surface area is 205 Å². The molecule has 184 valence electrons. The van der Waals surface area contributed by atoms with Crippen molar-refractivity contribution >= 4 is 22.6 Å². The van der Waals surface area contributed by atoms with Gasteiger partial charge >= 0.3 is 0 Å². The van der Waals surface area contributed by atoms with Crippen molar-refractivity contribution in [3.8, 4) is 0 Å². The largest absolute Gasteiger partial charge is 0.368 e. The number of aromatic amines is 1. The van der Waals surface area contributed by atoms with E-state index in [0.29, 0.717) is 12.1 Å². The lowest BCUT2D eigenvalue weighted by Gasteiger charge is -2.36. The molecule has 0 unspecified atom stereocenters. The highest BCUT2D eigenvalue weighted by Gasteiger charge is 2.20. The van der Waals surface area contributed by atoms with Crippen LogP contribution in [0.1, 0.15) is 41.4 Å². The van der Waals surface area contributed by atoms with Crippen molar-refractivity contribution in [3.05, 3.63) is 63.8 Å². The highest BCUT2D eigenvalue weighted by Crippen LogP contribution is 2.18. The molecule has 3 aromatic rings. The van der Waals surface area contributed by atoms with Gasteiger partial charge < -0.3 is 20.5 Å². The summed E-state index contributed by atoms with van der Waals surface area (Å²) in [6, 6.07) is 7.96. The number of piperidine rings is 1. The number of nitrogens with zero attached hydrogens (tertiary/aromatic N) is 4. The van der Waals surface area contributed by atoms with E-state index in [9.17, 15) is 9.59 Å². The van der Waals surface area contributed by atoms with Gasteiger partial charge in [0, 0.05) is 50.5 Å². The average molecular weight is 476 g/mol. The van der Waals surface area contributed by atoms with Gasteiger partial charge in [-0.25, -0.2) is 4.98 Å². The third kappa shape index (κ3) is 5.52. The van der Waals surface area contributed by atoms with Crippen LogP contribution >= 0.6 is 0 Å². The molecule has 0 atom stereocenters. The fraction of sp³-hybridized carbons (Fsp3) is 0.462. The van der Waals surface area contributed by atoms with Crippen molar-refractivity contribution in [1.29, 1.82) is 0 Å². The predicted octanol–water partition coefficient (Wildman–Crippen LogP) is 1.68. The number of fused-ring (bicyclic) bond motifs is 1. The Kier molecular flexibility index (Phi) is 7.06. The molecule has 2 saturated heterocycles. The van der Waals surface area contributed by atoms with Crippen LogP contribution in [0.2, 0.25) is 0 Å². The summed E-state index contributed by atoms with van der Waals surface area (Å²) in [6.45, 7) is 8.27. The molecule has 2 aliphatic heterocycles. The number of pyridine rings is 3. The first-order chi connectivity index (χ1) is 17.1. The molecule has 3 N–H and O–H groups in total. The highest BCUT2D eigenvalue weighted by atomic mass is 16.2. The van der Waals surface area contributed by atoms with Crippen molar-refractivity contribution in [2.24, 2.45) is 0 Å². The number of carbonyl (C=O) groups excluding carboxylic acids is 1. The molecular weight excluding hydrogens is 442 g/mol. The fourth-order valence-electron chi connectivity index (χ4n) is 4.87. The van der Waals surface area contributed by atoms with Crippen molar-refractivity contribution in [2.75, 3.05) is 44.2 Å². The van der Waals surface area contributed by atoms with Crippen molar-refractivity contribution in [2.45, 2.75) is 38.8 Å². The third-order valence-electron chi connectivity index (χ3n) is 7.01. The van der Waals surface area contributed by atoms with Crippen LogP contribution in [0.25, 0.3) is 11.0 Å². The second kappa shape index (κ2) is 10.5. The number of hydrogen-bond acceptors (Lipinski definition) is 7. The molecule has 9 nitrogen and oxygen atoms in total. The van der Waals surface area contributed by atoms with Gasteiger partial charge in [-0.15, -0.1) is 0 Å². The van der Waals surface area contributed by atoms with E-state index in [2.05, 4.69) is 35.4 Å². The van der Waals surface area contributed by atoms with E-state index in [4.69, 9.17) is 0 Å². The SMILES string of the molecule is CCc1cc2ncc(CN3CCN(c4ccc(C(=O)NC5CCNCC5)nc4)CC3)cc2[nH]c1=O. The minimum absolute atomic E-state index is 0.0315. The van der Waals surface area contributed by atoms with Gasteiger partial charge in [0.25, 0.3) is 11.5 Å². The van der Waals surface area contributed by atoms with Gasteiger partial charge in [0.1, 0.15) is 5.69 Å². The topological polar surface area (TPSA) is 106 Å². The molecule has 0 saturated carbocycles. The van der Waals surface area contributed by atoms with Gasteiger partial charge in [-0.1, -0.05) is 6.92 Å². The molecule has 2 aliphatic rings. The number of hydrogen-bond donors (Lipinski definition) is 3. The van der Waals surface area contributed by atoms with Crippen molar-refractivity contribution in [3.63, 3.8) is 0 Å². The van der Waals surface area contributed by atoms with Crippen LogP contribution < -0.4 is 21.1 Å².